The third-order valence-electron chi connectivity index (χ3n) is 4.36. The Labute approximate surface area is 184 Å². The number of hydrogen-bond donors (Lipinski definition) is 1. The van der Waals surface area contributed by atoms with Crippen molar-refractivity contribution >= 4 is 17.5 Å². The van der Waals surface area contributed by atoms with E-state index in [-0.39, 0.29) is 32.0 Å². The van der Waals surface area contributed by atoms with E-state index in [0.717, 1.165) is 0 Å². The summed E-state index contributed by atoms with van der Waals surface area (Å²) in [5.41, 5.74) is 16.7. The van der Waals surface area contributed by atoms with Gasteiger partial charge in [0.05, 0.1) is 18.1 Å². The zero-order valence-electron chi connectivity index (χ0n) is 17.5. The Morgan fingerprint density at radius 3 is 1.94 bits per heavy atom. The number of azide groups is 2. The van der Waals surface area contributed by atoms with Crippen LogP contribution in [0.5, 0.6) is 0 Å². The molecule has 174 valence electrons. The molecule has 0 heterocycles. The van der Waals surface area contributed by atoms with Crippen LogP contribution in [-0.2, 0) is 9.47 Å². The van der Waals surface area contributed by atoms with Gasteiger partial charge < -0.3 is 14.6 Å². The molecule has 0 bridgehead atoms. The number of nitrogens with zero attached hydrogens (tertiary/aromatic N) is 8. The van der Waals surface area contributed by atoms with Crippen LogP contribution in [0, 0.1) is 10.1 Å². The van der Waals surface area contributed by atoms with E-state index in [1.165, 1.54) is 29.2 Å². The molecule has 0 radical (unpaired) electrons. The third-order valence-corrected chi connectivity index (χ3v) is 4.36. The Morgan fingerprint density at radius 2 is 1.53 bits per heavy atom. The summed E-state index contributed by atoms with van der Waals surface area (Å²) in [4.78, 5) is 28.8. The lowest BCUT2D eigenvalue weighted by molar-refractivity contribution is -0.384. The number of benzene rings is 1. The van der Waals surface area contributed by atoms with Crippen LogP contribution in [0.4, 0.5) is 16.2 Å². The molecule has 32 heavy (non-hydrogen) atoms. The van der Waals surface area contributed by atoms with Gasteiger partial charge in [-0.05, 0) is 48.9 Å². The smallest absolute Gasteiger partial charge is 0.412 e. The van der Waals surface area contributed by atoms with Gasteiger partial charge in [0, 0.05) is 60.0 Å². The monoisotopic (exact) mass is 450 g/mol. The van der Waals surface area contributed by atoms with E-state index in [1.54, 1.807) is 0 Å². The van der Waals surface area contributed by atoms with Gasteiger partial charge in [-0.1, -0.05) is 10.2 Å². The topological polar surface area (TPSA) is 200 Å². The lowest BCUT2D eigenvalue weighted by atomic mass is 10.0. The number of amides is 1. The summed E-state index contributed by atoms with van der Waals surface area (Å²) in [5.74, 6) is 0. The fourth-order valence-electron chi connectivity index (χ4n) is 2.96. The summed E-state index contributed by atoms with van der Waals surface area (Å²) in [7, 11) is 0. The quantitative estimate of drug-likeness (QED) is 0.0892. The van der Waals surface area contributed by atoms with E-state index in [1.807, 2.05) is 0 Å². The predicted octanol–water partition coefficient (Wildman–Crippen LogP) is 4.66. The summed E-state index contributed by atoms with van der Waals surface area (Å²) in [5, 5.41) is 27.4. The maximum atomic E-state index is 12.0. The SMILES string of the molecule is [N-]=[N+]=NCCOCCCC(CCCOCCN=[N+]=[N-])N(C(=O)O)c1ccc([N+](=O)[O-])cc1. The zero-order chi connectivity index (χ0) is 23.6. The first-order valence-electron chi connectivity index (χ1n) is 9.95. The van der Waals surface area contributed by atoms with Gasteiger partial charge >= 0.3 is 6.09 Å². The molecular weight excluding hydrogens is 424 g/mol. The molecule has 0 aliphatic rings. The summed E-state index contributed by atoms with van der Waals surface area (Å²) in [6, 6.07) is 4.94. The van der Waals surface area contributed by atoms with Gasteiger partial charge in [-0.2, -0.15) is 0 Å². The van der Waals surface area contributed by atoms with E-state index in [9.17, 15) is 20.0 Å². The van der Waals surface area contributed by atoms with Gasteiger partial charge in [0.2, 0.25) is 0 Å². The highest BCUT2D eigenvalue weighted by molar-refractivity contribution is 5.86. The number of carbonyl (C=O) groups is 1. The molecule has 0 saturated heterocycles. The number of nitro groups is 1. The number of hydrogen-bond acceptors (Lipinski definition) is 7. The van der Waals surface area contributed by atoms with Crippen LogP contribution < -0.4 is 4.90 Å². The van der Waals surface area contributed by atoms with Crippen LogP contribution in [0.1, 0.15) is 25.7 Å². The number of non-ortho nitro benzene ring substituents is 1. The maximum absolute atomic E-state index is 12.0. The minimum atomic E-state index is -1.17. The molecule has 1 aromatic rings. The van der Waals surface area contributed by atoms with E-state index >= 15 is 0 Å². The second-order valence-corrected chi connectivity index (χ2v) is 6.50. The van der Waals surface area contributed by atoms with E-state index in [0.29, 0.717) is 44.6 Å². The number of nitro benzene ring substituents is 1. The molecule has 0 fully saturated rings. The largest absolute Gasteiger partial charge is 0.465 e. The molecule has 1 amide bonds. The van der Waals surface area contributed by atoms with Gasteiger partial charge in [0.25, 0.3) is 5.69 Å². The van der Waals surface area contributed by atoms with Crippen LogP contribution in [0.15, 0.2) is 34.5 Å². The average Bonchev–Trinajstić information content (AvgIpc) is 2.77. The Kier molecular flexibility index (Phi) is 13.4. The minimum absolute atomic E-state index is 0.127. The first-order chi connectivity index (χ1) is 15.5. The minimum Gasteiger partial charge on any atom is -0.465 e. The van der Waals surface area contributed by atoms with Gasteiger partial charge in [-0.25, -0.2) is 4.79 Å². The Morgan fingerprint density at radius 1 is 1.03 bits per heavy atom. The molecule has 1 aromatic carbocycles. The zero-order valence-corrected chi connectivity index (χ0v) is 17.5. The summed E-state index contributed by atoms with van der Waals surface area (Å²) in [6.45, 7) is 1.73. The summed E-state index contributed by atoms with van der Waals surface area (Å²) < 4.78 is 10.8. The summed E-state index contributed by atoms with van der Waals surface area (Å²) >= 11 is 0. The second-order valence-electron chi connectivity index (χ2n) is 6.50. The maximum Gasteiger partial charge on any atom is 0.412 e. The van der Waals surface area contributed by atoms with Crippen molar-refractivity contribution in [3.8, 4) is 0 Å². The number of carboxylic acid groups (broad SMARTS) is 1. The molecule has 14 heteroatoms. The summed E-state index contributed by atoms with van der Waals surface area (Å²) in [6.07, 6.45) is 0.940. The molecule has 0 spiro atoms. The fraction of sp³-hybridized carbons (Fsp3) is 0.611. The molecule has 0 unspecified atom stereocenters. The normalized spacial score (nSPS) is 11.1. The van der Waals surface area contributed by atoms with Crippen molar-refractivity contribution in [1.82, 2.24) is 0 Å². The standard InChI is InChI=1S/C18H26N8O6/c19-23-21-9-13-31-11-1-3-15(4-2-12-32-14-10-22-24-20)25(18(27)28)16-5-7-17(8-6-16)26(29)30/h5-8,15H,1-4,9-14H2,(H,27,28). The van der Waals surface area contributed by atoms with Gasteiger partial charge in [0.15, 0.2) is 0 Å². The lowest BCUT2D eigenvalue weighted by Crippen LogP contribution is -2.40. The highest BCUT2D eigenvalue weighted by Crippen LogP contribution is 2.25. The van der Waals surface area contributed by atoms with Crippen molar-refractivity contribution in [1.29, 1.82) is 0 Å². The average molecular weight is 450 g/mol. The highest BCUT2D eigenvalue weighted by atomic mass is 16.6. The predicted molar refractivity (Wildman–Crippen MR) is 116 cm³/mol. The van der Waals surface area contributed by atoms with Gasteiger partial charge in [-0.15, -0.1) is 0 Å². The molecule has 14 nitrogen and oxygen atoms in total. The van der Waals surface area contributed by atoms with Crippen LogP contribution in [-0.4, -0.2) is 61.7 Å². The van der Waals surface area contributed by atoms with Crippen molar-refractivity contribution in [2.24, 2.45) is 10.2 Å². The van der Waals surface area contributed by atoms with Crippen LogP contribution in [0.25, 0.3) is 20.9 Å². The van der Waals surface area contributed by atoms with E-state index in [4.69, 9.17) is 20.5 Å². The molecule has 1 rings (SSSR count). The molecule has 0 aromatic heterocycles. The van der Waals surface area contributed by atoms with E-state index < -0.39 is 17.1 Å². The van der Waals surface area contributed by atoms with Crippen LogP contribution >= 0.6 is 0 Å². The van der Waals surface area contributed by atoms with Gasteiger partial charge in [0.1, 0.15) is 0 Å². The number of rotatable bonds is 17. The van der Waals surface area contributed by atoms with Crippen molar-refractivity contribution in [2.45, 2.75) is 31.7 Å². The van der Waals surface area contributed by atoms with Crippen LogP contribution in [0.2, 0.25) is 0 Å². The van der Waals surface area contributed by atoms with Gasteiger partial charge in [-0.3, -0.25) is 15.0 Å². The molecule has 1 N–H and O–H groups in total. The third kappa shape index (κ3) is 10.5. The van der Waals surface area contributed by atoms with Crippen molar-refractivity contribution in [2.75, 3.05) is 44.4 Å². The first kappa shape index (κ1) is 26.5. The second kappa shape index (κ2) is 16.2. The number of anilines is 1. The van der Waals surface area contributed by atoms with E-state index in [2.05, 4.69) is 20.1 Å². The molecule has 0 aliphatic carbocycles. The van der Waals surface area contributed by atoms with Crippen LogP contribution in [0.3, 0.4) is 0 Å². The lowest BCUT2D eigenvalue weighted by Gasteiger charge is -2.29. The first-order valence-corrected chi connectivity index (χ1v) is 9.95. The highest BCUT2D eigenvalue weighted by Gasteiger charge is 2.25. The van der Waals surface area contributed by atoms with Crippen molar-refractivity contribution in [3.05, 3.63) is 55.3 Å². The molecule has 0 saturated carbocycles. The Balaban J connectivity index is 2.76. The Hall–Kier alpha value is -3.57. The molecular formula is C18H26N8O6. The van der Waals surface area contributed by atoms with Crippen molar-refractivity contribution < 1.29 is 24.3 Å². The van der Waals surface area contributed by atoms with Crippen molar-refractivity contribution in [3.63, 3.8) is 0 Å². The number of ether oxygens (including phenoxy) is 2. The molecule has 0 atom stereocenters. The molecule has 0 aliphatic heterocycles. The Bertz CT molecular complexity index is 778. The fourth-order valence-corrected chi connectivity index (χ4v) is 2.96.